The maximum atomic E-state index is 12.7. The monoisotopic (exact) mass is 369 g/mol. The maximum Gasteiger partial charge on any atom is 0.250 e. The highest BCUT2D eigenvalue weighted by Crippen LogP contribution is 2.08. The van der Waals surface area contributed by atoms with Gasteiger partial charge in [0.25, 0.3) is 5.56 Å². The second-order valence-electron chi connectivity index (χ2n) is 6.36. The molecule has 0 saturated carbocycles. The van der Waals surface area contributed by atoms with Crippen LogP contribution in [0.25, 0.3) is 0 Å². The van der Waals surface area contributed by atoms with Crippen LogP contribution in [0.4, 0.5) is 0 Å². The summed E-state index contributed by atoms with van der Waals surface area (Å²) in [6.07, 6.45) is 5.18. The Bertz CT molecular complexity index is 836. The average molecular weight is 369 g/mol. The summed E-state index contributed by atoms with van der Waals surface area (Å²) in [7, 11) is 0. The van der Waals surface area contributed by atoms with Crippen molar-refractivity contribution in [2.45, 2.75) is 25.6 Å². The fourth-order valence-electron chi connectivity index (χ4n) is 3.05. The third-order valence-corrected chi connectivity index (χ3v) is 4.55. The van der Waals surface area contributed by atoms with E-state index in [9.17, 15) is 14.4 Å². The van der Waals surface area contributed by atoms with Crippen LogP contribution in [-0.2, 0) is 22.7 Å². The van der Waals surface area contributed by atoms with E-state index in [1.807, 2.05) is 12.1 Å². The highest BCUT2D eigenvalue weighted by atomic mass is 16.2. The minimum atomic E-state index is -0.555. The summed E-state index contributed by atoms with van der Waals surface area (Å²) >= 11 is 0. The molecule has 8 nitrogen and oxygen atoms in total. The highest BCUT2D eigenvalue weighted by molar-refractivity contribution is 5.88. The molecular formula is C19H23N5O3. The zero-order chi connectivity index (χ0) is 19.1. The van der Waals surface area contributed by atoms with Gasteiger partial charge in [0.2, 0.25) is 11.8 Å². The number of amides is 2. The first kappa shape index (κ1) is 18.8. The average Bonchev–Trinajstić information content (AvgIpc) is 2.72. The molecule has 2 N–H and O–H groups in total. The van der Waals surface area contributed by atoms with Crippen molar-refractivity contribution in [3.8, 4) is 0 Å². The van der Waals surface area contributed by atoms with Gasteiger partial charge in [-0.1, -0.05) is 6.07 Å². The molecule has 1 aliphatic heterocycles. The van der Waals surface area contributed by atoms with Crippen LogP contribution in [-0.4, -0.2) is 51.9 Å². The summed E-state index contributed by atoms with van der Waals surface area (Å²) < 4.78 is 1.50. The summed E-state index contributed by atoms with van der Waals surface area (Å²) in [6, 6.07) is 8.00. The predicted molar refractivity (Wildman–Crippen MR) is 99.8 cm³/mol. The molecule has 0 aliphatic carbocycles. The minimum Gasteiger partial charge on any atom is -0.350 e. The normalized spacial score (nSPS) is 16.7. The number of hydrogen-bond acceptors (Lipinski definition) is 5. The molecule has 0 unspecified atom stereocenters. The molecule has 1 atom stereocenters. The molecule has 2 aromatic heterocycles. The van der Waals surface area contributed by atoms with Gasteiger partial charge in [-0.25, -0.2) is 0 Å². The summed E-state index contributed by atoms with van der Waals surface area (Å²) in [6.45, 7) is 2.22. The van der Waals surface area contributed by atoms with Gasteiger partial charge >= 0.3 is 0 Å². The van der Waals surface area contributed by atoms with Gasteiger partial charge < -0.3 is 20.1 Å². The van der Waals surface area contributed by atoms with Gasteiger partial charge in [-0.3, -0.25) is 19.4 Å². The molecule has 1 aliphatic rings. The molecule has 1 fully saturated rings. The molecule has 2 amide bonds. The van der Waals surface area contributed by atoms with Crippen LogP contribution in [0, 0.1) is 0 Å². The Morgan fingerprint density at radius 2 is 2.04 bits per heavy atom. The van der Waals surface area contributed by atoms with Gasteiger partial charge in [0.15, 0.2) is 0 Å². The number of carbonyl (C=O) groups is 2. The second kappa shape index (κ2) is 9.09. The second-order valence-corrected chi connectivity index (χ2v) is 6.36. The standard InChI is InChI=1S/C19H23N5O3/c25-17-3-1-2-10-23(17)11-6-18(26)24-12-9-21-14-16(24)19(27)22-13-15-4-7-20-8-5-15/h1-5,7-8,10,16,21H,6,9,11-14H2,(H,22,27)/t16-/m1/s1. The number of aromatic nitrogens is 2. The number of hydrogen-bond donors (Lipinski definition) is 2. The molecule has 3 rings (SSSR count). The van der Waals surface area contributed by atoms with E-state index in [1.54, 1.807) is 35.6 Å². The number of nitrogens with zero attached hydrogens (tertiary/aromatic N) is 3. The van der Waals surface area contributed by atoms with Crippen molar-refractivity contribution in [3.63, 3.8) is 0 Å². The van der Waals surface area contributed by atoms with Crippen molar-refractivity contribution in [1.82, 2.24) is 25.1 Å². The number of aryl methyl sites for hydroxylation is 1. The number of nitrogens with one attached hydrogen (secondary N) is 2. The van der Waals surface area contributed by atoms with Crippen LogP contribution in [0.2, 0.25) is 0 Å². The van der Waals surface area contributed by atoms with E-state index < -0.39 is 6.04 Å². The number of rotatable bonds is 6. The molecule has 0 bridgehead atoms. The summed E-state index contributed by atoms with van der Waals surface area (Å²) in [5.74, 6) is -0.319. The zero-order valence-corrected chi connectivity index (χ0v) is 15.0. The smallest absolute Gasteiger partial charge is 0.250 e. The lowest BCUT2D eigenvalue weighted by molar-refractivity contribution is -0.141. The highest BCUT2D eigenvalue weighted by Gasteiger charge is 2.31. The lowest BCUT2D eigenvalue weighted by Gasteiger charge is -2.35. The van der Waals surface area contributed by atoms with E-state index in [-0.39, 0.29) is 23.8 Å². The summed E-state index contributed by atoms with van der Waals surface area (Å²) in [5.41, 5.74) is 0.806. The Kier molecular flexibility index (Phi) is 6.32. The fourth-order valence-corrected chi connectivity index (χ4v) is 3.05. The van der Waals surface area contributed by atoms with Gasteiger partial charge in [0, 0.05) is 63.8 Å². The van der Waals surface area contributed by atoms with E-state index in [0.717, 1.165) is 5.56 Å². The number of piperazine rings is 1. The van der Waals surface area contributed by atoms with Crippen molar-refractivity contribution >= 4 is 11.8 Å². The van der Waals surface area contributed by atoms with Gasteiger partial charge in [0.1, 0.15) is 6.04 Å². The van der Waals surface area contributed by atoms with Gasteiger partial charge in [-0.2, -0.15) is 0 Å². The molecule has 1 saturated heterocycles. The van der Waals surface area contributed by atoms with Crippen LogP contribution >= 0.6 is 0 Å². The Hall–Kier alpha value is -3.00. The van der Waals surface area contributed by atoms with Gasteiger partial charge in [-0.05, 0) is 23.8 Å². The molecular weight excluding hydrogens is 346 g/mol. The summed E-state index contributed by atoms with van der Waals surface area (Å²) in [5, 5.41) is 6.04. The van der Waals surface area contributed by atoms with E-state index in [2.05, 4.69) is 15.6 Å². The van der Waals surface area contributed by atoms with Crippen molar-refractivity contribution < 1.29 is 9.59 Å². The van der Waals surface area contributed by atoms with Crippen LogP contribution in [0.5, 0.6) is 0 Å². The van der Waals surface area contributed by atoms with Crippen molar-refractivity contribution in [2.24, 2.45) is 0 Å². The topological polar surface area (TPSA) is 96.3 Å². The quantitative estimate of drug-likeness (QED) is 0.732. The largest absolute Gasteiger partial charge is 0.350 e. The van der Waals surface area contributed by atoms with E-state index >= 15 is 0 Å². The number of carbonyl (C=O) groups excluding carboxylic acids is 2. The Labute approximate surface area is 157 Å². The Morgan fingerprint density at radius 1 is 1.22 bits per heavy atom. The third kappa shape index (κ3) is 5.01. The van der Waals surface area contributed by atoms with Crippen molar-refractivity contribution in [3.05, 3.63) is 64.8 Å². The minimum absolute atomic E-state index is 0.128. The Balaban J connectivity index is 1.58. The summed E-state index contributed by atoms with van der Waals surface area (Å²) in [4.78, 5) is 42.6. The molecule has 3 heterocycles. The number of pyridine rings is 2. The first-order chi connectivity index (χ1) is 13.1. The van der Waals surface area contributed by atoms with Crippen molar-refractivity contribution in [1.29, 1.82) is 0 Å². The molecule has 27 heavy (non-hydrogen) atoms. The predicted octanol–water partition coefficient (Wildman–Crippen LogP) is -0.250. The first-order valence-corrected chi connectivity index (χ1v) is 8.97. The maximum absolute atomic E-state index is 12.7. The van der Waals surface area contributed by atoms with E-state index in [1.165, 1.54) is 10.6 Å². The molecule has 0 radical (unpaired) electrons. The molecule has 0 spiro atoms. The van der Waals surface area contributed by atoms with Crippen LogP contribution in [0.1, 0.15) is 12.0 Å². The molecule has 2 aromatic rings. The Morgan fingerprint density at radius 3 is 2.81 bits per heavy atom. The third-order valence-electron chi connectivity index (χ3n) is 4.55. The first-order valence-electron chi connectivity index (χ1n) is 8.97. The van der Waals surface area contributed by atoms with Crippen LogP contribution in [0.3, 0.4) is 0 Å². The lowest BCUT2D eigenvalue weighted by atomic mass is 10.1. The van der Waals surface area contributed by atoms with E-state index in [0.29, 0.717) is 32.7 Å². The molecule has 0 aromatic carbocycles. The molecule has 8 heteroatoms. The van der Waals surface area contributed by atoms with Crippen molar-refractivity contribution in [2.75, 3.05) is 19.6 Å². The molecule has 142 valence electrons. The van der Waals surface area contributed by atoms with Gasteiger partial charge in [0.05, 0.1) is 0 Å². The van der Waals surface area contributed by atoms with Gasteiger partial charge in [-0.15, -0.1) is 0 Å². The fraction of sp³-hybridized carbons (Fsp3) is 0.368. The van der Waals surface area contributed by atoms with Crippen LogP contribution in [0.15, 0.2) is 53.7 Å². The SMILES string of the molecule is O=C(NCc1ccncc1)[C@H]1CNCCN1C(=O)CCn1ccccc1=O. The van der Waals surface area contributed by atoms with Crippen LogP contribution < -0.4 is 16.2 Å². The zero-order valence-electron chi connectivity index (χ0n) is 15.0. The van der Waals surface area contributed by atoms with E-state index in [4.69, 9.17) is 0 Å². The lowest BCUT2D eigenvalue weighted by Crippen LogP contribution is -2.59.